The van der Waals surface area contributed by atoms with Crippen LogP contribution in [0.4, 0.5) is 5.69 Å². The first-order valence-corrected chi connectivity index (χ1v) is 5.90. The van der Waals surface area contributed by atoms with E-state index in [-0.39, 0.29) is 11.8 Å². The number of para-hydroxylation sites is 1. The highest BCUT2D eigenvalue weighted by Gasteiger charge is 2.23. The summed E-state index contributed by atoms with van der Waals surface area (Å²) in [5.41, 5.74) is 3.34. The predicted molar refractivity (Wildman–Crippen MR) is 69.9 cm³/mol. The third-order valence-corrected chi connectivity index (χ3v) is 2.96. The van der Waals surface area contributed by atoms with Gasteiger partial charge in [0.05, 0.1) is 5.92 Å². The van der Waals surface area contributed by atoms with Crippen molar-refractivity contribution in [2.75, 3.05) is 18.4 Å². The summed E-state index contributed by atoms with van der Waals surface area (Å²) in [6.07, 6.45) is 0.811. The lowest BCUT2D eigenvalue weighted by atomic mass is 9.93. The molecule has 0 aromatic heterocycles. The summed E-state index contributed by atoms with van der Waals surface area (Å²) in [5.74, 6) is 0.124. The molecule has 1 unspecified atom stereocenters. The van der Waals surface area contributed by atoms with Gasteiger partial charge in [0.25, 0.3) is 0 Å². The first-order valence-electron chi connectivity index (χ1n) is 5.90. The highest BCUT2D eigenvalue weighted by atomic mass is 16.1. The van der Waals surface area contributed by atoms with Crippen LogP contribution in [0.3, 0.4) is 0 Å². The van der Waals surface area contributed by atoms with Gasteiger partial charge in [-0.2, -0.15) is 0 Å². The van der Waals surface area contributed by atoms with Crippen LogP contribution in [-0.4, -0.2) is 19.0 Å². The lowest BCUT2D eigenvalue weighted by Crippen LogP contribution is -2.38. The van der Waals surface area contributed by atoms with E-state index < -0.39 is 0 Å². The van der Waals surface area contributed by atoms with E-state index in [0.29, 0.717) is 13.1 Å². The van der Waals surface area contributed by atoms with Gasteiger partial charge in [0, 0.05) is 18.8 Å². The van der Waals surface area contributed by atoms with Gasteiger partial charge in [-0.3, -0.25) is 4.79 Å². The number of hydrogen-bond donors (Lipinski definition) is 2. The summed E-state index contributed by atoms with van der Waals surface area (Å²) in [4.78, 5) is 11.9. The van der Waals surface area contributed by atoms with Gasteiger partial charge in [0.2, 0.25) is 5.91 Å². The molecule has 0 bridgehead atoms. The molecule has 0 fully saturated rings. The fourth-order valence-electron chi connectivity index (χ4n) is 2.01. The van der Waals surface area contributed by atoms with Crippen LogP contribution < -0.4 is 10.6 Å². The Morgan fingerprint density at radius 2 is 2.29 bits per heavy atom. The summed E-state index contributed by atoms with van der Waals surface area (Å²) in [6, 6.07) is 8.14. The molecule has 17 heavy (non-hydrogen) atoms. The van der Waals surface area contributed by atoms with Crippen molar-refractivity contribution in [2.45, 2.75) is 13.3 Å². The molecule has 0 radical (unpaired) electrons. The number of carbonyl (C=O) groups is 1. The first kappa shape index (κ1) is 11.7. The number of carbonyl (C=O) groups excluding carboxylic acids is 1. The van der Waals surface area contributed by atoms with Crippen LogP contribution in [0.5, 0.6) is 0 Å². The smallest absolute Gasteiger partial charge is 0.225 e. The molecule has 0 saturated heterocycles. The van der Waals surface area contributed by atoms with Crippen molar-refractivity contribution in [3.8, 4) is 0 Å². The molecule has 3 nitrogen and oxygen atoms in total. The van der Waals surface area contributed by atoms with E-state index in [9.17, 15) is 4.79 Å². The first-order chi connectivity index (χ1) is 8.16. The molecular formula is C14H18N2O. The number of anilines is 1. The van der Waals surface area contributed by atoms with Crippen LogP contribution in [0.2, 0.25) is 0 Å². The van der Waals surface area contributed by atoms with Gasteiger partial charge in [0.1, 0.15) is 0 Å². The third-order valence-electron chi connectivity index (χ3n) is 2.96. The van der Waals surface area contributed by atoms with E-state index in [1.54, 1.807) is 0 Å². The van der Waals surface area contributed by atoms with Crippen molar-refractivity contribution in [1.82, 2.24) is 5.32 Å². The van der Waals surface area contributed by atoms with Crippen LogP contribution in [0.15, 0.2) is 36.4 Å². The summed E-state index contributed by atoms with van der Waals surface area (Å²) in [7, 11) is 0. The number of amides is 1. The lowest BCUT2D eigenvalue weighted by Gasteiger charge is -2.25. The fraction of sp³-hybridized carbons (Fsp3) is 0.357. The van der Waals surface area contributed by atoms with Crippen molar-refractivity contribution < 1.29 is 4.79 Å². The summed E-state index contributed by atoms with van der Waals surface area (Å²) in [6.45, 7) is 6.96. The molecule has 1 aromatic carbocycles. The average Bonchev–Trinajstić information content (AvgIpc) is 2.35. The molecule has 2 rings (SSSR count). The zero-order chi connectivity index (χ0) is 12.3. The molecule has 3 heteroatoms. The molecule has 1 heterocycles. The second-order valence-corrected chi connectivity index (χ2v) is 4.61. The van der Waals surface area contributed by atoms with Crippen molar-refractivity contribution in [1.29, 1.82) is 0 Å². The Bertz CT molecular complexity index is 440. The maximum Gasteiger partial charge on any atom is 0.225 e. The van der Waals surface area contributed by atoms with Crippen LogP contribution in [0.1, 0.15) is 12.5 Å². The van der Waals surface area contributed by atoms with Crippen LogP contribution in [0, 0.1) is 5.92 Å². The standard InChI is InChI=1S/C14H18N2O/c1-10(2)8-16-14(17)12-7-11-5-3-4-6-13(11)15-9-12/h3-6,12,15H,1,7-9H2,2H3,(H,16,17). The minimum Gasteiger partial charge on any atom is -0.384 e. The number of benzene rings is 1. The molecule has 0 aliphatic carbocycles. The SMILES string of the molecule is C=C(C)CNC(=O)C1CNc2ccccc2C1. The van der Waals surface area contributed by atoms with Gasteiger partial charge in [-0.05, 0) is 25.0 Å². The molecule has 2 N–H and O–H groups in total. The number of rotatable bonds is 3. The Morgan fingerprint density at radius 3 is 3.06 bits per heavy atom. The van der Waals surface area contributed by atoms with E-state index >= 15 is 0 Å². The largest absolute Gasteiger partial charge is 0.384 e. The fourth-order valence-corrected chi connectivity index (χ4v) is 2.01. The summed E-state index contributed by atoms with van der Waals surface area (Å²) in [5, 5.41) is 6.20. The summed E-state index contributed by atoms with van der Waals surface area (Å²) < 4.78 is 0. The topological polar surface area (TPSA) is 41.1 Å². The maximum atomic E-state index is 11.9. The predicted octanol–water partition coefficient (Wildman–Crippen LogP) is 1.96. The van der Waals surface area contributed by atoms with Gasteiger partial charge >= 0.3 is 0 Å². The quantitative estimate of drug-likeness (QED) is 0.779. The Hall–Kier alpha value is -1.77. The van der Waals surface area contributed by atoms with Crippen molar-refractivity contribution in [3.63, 3.8) is 0 Å². The Morgan fingerprint density at radius 1 is 1.53 bits per heavy atom. The molecule has 1 aliphatic heterocycles. The second-order valence-electron chi connectivity index (χ2n) is 4.61. The van der Waals surface area contributed by atoms with Crippen molar-refractivity contribution in [2.24, 2.45) is 5.92 Å². The van der Waals surface area contributed by atoms with Crippen LogP contribution in [-0.2, 0) is 11.2 Å². The minimum absolute atomic E-state index is 0.0178. The normalized spacial score (nSPS) is 17.8. The van der Waals surface area contributed by atoms with Gasteiger partial charge in [-0.15, -0.1) is 0 Å². The van der Waals surface area contributed by atoms with E-state index in [0.717, 1.165) is 17.7 Å². The lowest BCUT2D eigenvalue weighted by molar-refractivity contribution is -0.124. The van der Waals surface area contributed by atoms with E-state index in [1.165, 1.54) is 5.56 Å². The van der Waals surface area contributed by atoms with Gasteiger partial charge in [-0.1, -0.05) is 30.4 Å². The molecule has 1 aliphatic rings. The Kier molecular flexibility index (Phi) is 3.47. The average molecular weight is 230 g/mol. The second kappa shape index (κ2) is 5.04. The molecule has 0 saturated carbocycles. The number of nitrogens with one attached hydrogen (secondary N) is 2. The minimum atomic E-state index is 0.0178. The molecule has 1 aromatic rings. The maximum absolute atomic E-state index is 11.9. The van der Waals surface area contributed by atoms with Crippen molar-refractivity contribution >= 4 is 11.6 Å². The monoisotopic (exact) mass is 230 g/mol. The Balaban J connectivity index is 1.97. The van der Waals surface area contributed by atoms with Gasteiger partial charge in [0.15, 0.2) is 0 Å². The van der Waals surface area contributed by atoms with Gasteiger partial charge in [-0.25, -0.2) is 0 Å². The molecule has 1 amide bonds. The highest BCUT2D eigenvalue weighted by molar-refractivity contribution is 5.81. The number of fused-ring (bicyclic) bond motifs is 1. The molecule has 1 atom stereocenters. The zero-order valence-electron chi connectivity index (χ0n) is 10.1. The number of hydrogen-bond acceptors (Lipinski definition) is 2. The van der Waals surface area contributed by atoms with E-state index in [4.69, 9.17) is 0 Å². The summed E-state index contributed by atoms with van der Waals surface area (Å²) >= 11 is 0. The van der Waals surface area contributed by atoms with Crippen LogP contribution >= 0.6 is 0 Å². The van der Waals surface area contributed by atoms with E-state index in [2.05, 4.69) is 29.3 Å². The van der Waals surface area contributed by atoms with Crippen molar-refractivity contribution in [3.05, 3.63) is 42.0 Å². The molecular weight excluding hydrogens is 212 g/mol. The Labute approximate surface area is 102 Å². The van der Waals surface area contributed by atoms with Gasteiger partial charge < -0.3 is 10.6 Å². The highest BCUT2D eigenvalue weighted by Crippen LogP contribution is 2.24. The third kappa shape index (κ3) is 2.87. The zero-order valence-corrected chi connectivity index (χ0v) is 10.1. The molecule has 0 spiro atoms. The van der Waals surface area contributed by atoms with E-state index in [1.807, 2.05) is 19.1 Å². The molecule has 90 valence electrons. The van der Waals surface area contributed by atoms with Crippen LogP contribution in [0.25, 0.3) is 0 Å².